The Balaban J connectivity index is 2.31. The maximum atomic E-state index is 12.9. The van der Waals surface area contributed by atoms with Crippen LogP contribution in [-0.2, 0) is 6.18 Å². The standard InChI is InChI=1S/C12H4Cl3F3N4/c13-7-2-1-5(12(16,17)18)3-6(7)8-9(14)21-11-19-4-20-22(11)10(8)15/h1-4H. The largest absolute Gasteiger partial charge is 0.416 e. The number of hydrogen-bond acceptors (Lipinski definition) is 3. The second-order valence-electron chi connectivity index (χ2n) is 4.23. The molecule has 0 spiro atoms. The molecule has 0 aliphatic heterocycles. The van der Waals surface area contributed by atoms with Crippen LogP contribution in [0.5, 0.6) is 0 Å². The molecule has 0 fully saturated rings. The first-order valence-electron chi connectivity index (χ1n) is 5.71. The second kappa shape index (κ2) is 5.26. The molecule has 0 N–H and O–H groups in total. The van der Waals surface area contributed by atoms with E-state index < -0.39 is 11.7 Å². The zero-order valence-electron chi connectivity index (χ0n) is 10.4. The molecule has 0 saturated heterocycles. The highest BCUT2D eigenvalue weighted by molar-refractivity contribution is 6.40. The number of fused-ring (bicyclic) bond motifs is 1. The molecule has 0 aliphatic rings. The molecular weight excluding hydrogens is 364 g/mol. The van der Waals surface area contributed by atoms with Crippen molar-refractivity contribution >= 4 is 40.6 Å². The van der Waals surface area contributed by atoms with Gasteiger partial charge in [-0.1, -0.05) is 34.8 Å². The zero-order chi connectivity index (χ0) is 16.1. The first-order chi connectivity index (χ1) is 10.3. The van der Waals surface area contributed by atoms with Crippen molar-refractivity contribution in [2.24, 2.45) is 0 Å². The summed E-state index contributed by atoms with van der Waals surface area (Å²) in [7, 11) is 0. The molecule has 2 aromatic heterocycles. The van der Waals surface area contributed by atoms with Gasteiger partial charge in [-0.05, 0) is 18.2 Å². The first-order valence-corrected chi connectivity index (χ1v) is 6.84. The number of nitrogens with zero attached hydrogens (tertiary/aromatic N) is 4. The van der Waals surface area contributed by atoms with Crippen molar-refractivity contribution < 1.29 is 13.2 Å². The Labute approximate surface area is 136 Å². The lowest BCUT2D eigenvalue weighted by atomic mass is 10.1. The minimum absolute atomic E-state index is 0.0105. The van der Waals surface area contributed by atoms with Crippen molar-refractivity contribution in [1.82, 2.24) is 19.6 Å². The van der Waals surface area contributed by atoms with E-state index >= 15 is 0 Å². The van der Waals surface area contributed by atoms with Crippen LogP contribution in [0.4, 0.5) is 13.2 Å². The van der Waals surface area contributed by atoms with E-state index in [0.29, 0.717) is 0 Å². The van der Waals surface area contributed by atoms with Crippen LogP contribution >= 0.6 is 34.8 Å². The number of aromatic nitrogens is 4. The molecule has 22 heavy (non-hydrogen) atoms. The number of alkyl halides is 3. The van der Waals surface area contributed by atoms with Gasteiger partial charge in [0, 0.05) is 10.6 Å². The van der Waals surface area contributed by atoms with Crippen molar-refractivity contribution in [1.29, 1.82) is 0 Å². The van der Waals surface area contributed by atoms with Gasteiger partial charge >= 0.3 is 6.18 Å². The van der Waals surface area contributed by atoms with Crippen molar-refractivity contribution in [3.63, 3.8) is 0 Å². The highest BCUT2D eigenvalue weighted by atomic mass is 35.5. The predicted octanol–water partition coefficient (Wildman–Crippen LogP) is 4.77. The molecular formula is C12H4Cl3F3N4. The normalized spacial score (nSPS) is 12.1. The van der Waals surface area contributed by atoms with Gasteiger partial charge in [0.25, 0.3) is 5.78 Å². The monoisotopic (exact) mass is 366 g/mol. The molecule has 0 aliphatic carbocycles. The van der Waals surface area contributed by atoms with Gasteiger partial charge < -0.3 is 0 Å². The Kier molecular flexibility index (Phi) is 3.66. The number of halogens is 6. The van der Waals surface area contributed by atoms with E-state index in [1.165, 1.54) is 6.33 Å². The smallest absolute Gasteiger partial charge is 0.198 e. The molecule has 0 bridgehead atoms. The fourth-order valence-corrected chi connectivity index (χ4v) is 2.74. The lowest BCUT2D eigenvalue weighted by molar-refractivity contribution is -0.137. The molecule has 0 radical (unpaired) electrons. The summed E-state index contributed by atoms with van der Waals surface area (Å²) in [5, 5.41) is 3.73. The fraction of sp³-hybridized carbons (Fsp3) is 0.0833. The van der Waals surface area contributed by atoms with E-state index in [-0.39, 0.29) is 32.2 Å². The van der Waals surface area contributed by atoms with Crippen LogP contribution < -0.4 is 0 Å². The van der Waals surface area contributed by atoms with E-state index in [9.17, 15) is 13.2 Å². The van der Waals surface area contributed by atoms with Crippen molar-refractivity contribution in [3.8, 4) is 11.1 Å². The minimum atomic E-state index is -4.52. The molecule has 4 nitrogen and oxygen atoms in total. The maximum Gasteiger partial charge on any atom is 0.416 e. The van der Waals surface area contributed by atoms with Crippen LogP contribution in [0.3, 0.4) is 0 Å². The van der Waals surface area contributed by atoms with Gasteiger partial charge in [-0.2, -0.15) is 32.8 Å². The summed E-state index contributed by atoms with van der Waals surface area (Å²) in [5.74, 6) is 0.127. The Bertz CT molecular complexity index is 876. The number of benzene rings is 1. The summed E-state index contributed by atoms with van der Waals surface area (Å²) in [6.07, 6.45) is -3.33. The lowest BCUT2D eigenvalue weighted by Crippen LogP contribution is -2.05. The molecule has 0 unspecified atom stereocenters. The summed E-state index contributed by atoms with van der Waals surface area (Å²) in [4.78, 5) is 7.75. The van der Waals surface area contributed by atoms with Gasteiger partial charge in [0.2, 0.25) is 0 Å². The van der Waals surface area contributed by atoms with Gasteiger partial charge in [0.15, 0.2) is 0 Å². The minimum Gasteiger partial charge on any atom is -0.198 e. The molecule has 0 atom stereocenters. The third kappa shape index (κ3) is 2.49. The van der Waals surface area contributed by atoms with Crippen molar-refractivity contribution in [2.75, 3.05) is 0 Å². The number of hydrogen-bond donors (Lipinski definition) is 0. The summed E-state index contributed by atoms with van der Waals surface area (Å²) < 4.78 is 39.8. The summed E-state index contributed by atoms with van der Waals surface area (Å²) >= 11 is 18.2. The highest BCUT2D eigenvalue weighted by Crippen LogP contribution is 2.40. The van der Waals surface area contributed by atoms with E-state index in [1.807, 2.05) is 0 Å². The summed E-state index contributed by atoms with van der Waals surface area (Å²) in [6, 6.07) is 2.85. The van der Waals surface area contributed by atoms with E-state index in [4.69, 9.17) is 34.8 Å². The molecule has 10 heteroatoms. The number of rotatable bonds is 1. The van der Waals surface area contributed by atoms with Crippen molar-refractivity contribution in [2.45, 2.75) is 6.18 Å². The van der Waals surface area contributed by atoms with Gasteiger partial charge in [0.1, 0.15) is 16.6 Å². The van der Waals surface area contributed by atoms with E-state index in [2.05, 4.69) is 15.1 Å². The summed E-state index contributed by atoms with van der Waals surface area (Å²) in [5.41, 5.74) is -0.813. The van der Waals surface area contributed by atoms with Gasteiger partial charge in [-0.3, -0.25) is 0 Å². The zero-order valence-corrected chi connectivity index (χ0v) is 12.6. The average Bonchev–Trinajstić information content (AvgIpc) is 2.87. The average molecular weight is 368 g/mol. The first kappa shape index (κ1) is 15.3. The lowest BCUT2D eigenvalue weighted by Gasteiger charge is -2.13. The summed E-state index contributed by atoms with van der Waals surface area (Å²) in [6.45, 7) is 0. The molecule has 3 aromatic rings. The Morgan fingerprint density at radius 3 is 2.50 bits per heavy atom. The quantitative estimate of drug-likeness (QED) is 0.582. The molecule has 1 aromatic carbocycles. The Morgan fingerprint density at radius 1 is 1.09 bits per heavy atom. The van der Waals surface area contributed by atoms with Gasteiger partial charge in [-0.25, -0.2) is 0 Å². The second-order valence-corrected chi connectivity index (χ2v) is 5.36. The predicted molar refractivity (Wildman–Crippen MR) is 76.2 cm³/mol. The van der Waals surface area contributed by atoms with Crippen LogP contribution in [0.25, 0.3) is 16.9 Å². The van der Waals surface area contributed by atoms with Crippen LogP contribution in [-0.4, -0.2) is 19.6 Å². The molecule has 2 heterocycles. The highest BCUT2D eigenvalue weighted by Gasteiger charge is 2.31. The third-order valence-corrected chi connectivity index (χ3v) is 3.84. The van der Waals surface area contributed by atoms with Gasteiger partial charge in [-0.15, -0.1) is 0 Å². The van der Waals surface area contributed by atoms with Gasteiger partial charge in [0.05, 0.1) is 11.1 Å². The molecule has 0 amide bonds. The van der Waals surface area contributed by atoms with E-state index in [0.717, 1.165) is 22.7 Å². The van der Waals surface area contributed by atoms with Crippen LogP contribution in [0.2, 0.25) is 15.3 Å². The van der Waals surface area contributed by atoms with Crippen LogP contribution in [0.1, 0.15) is 5.56 Å². The Hall–Kier alpha value is -1.57. The SMILES string of the molecule is FC(F)(F)c1ccc(Cl)c(-c2c(Cl)nc3ncnn3c2Cl)c1. The Morgan fingerprint density at radius 2 is 1.82 bits per heavy atom. The van der Waals surface area contributed by atoms with Crippen LogP contribution in [0.15, 0.2) is 24.5 Å². The maximum absolute atomic E-state index is 12.9. The van der Waals surface area contributed by atoms with E-state index in [1.54, 1.807) is 0 Å². The topological polar surface area (TPSA) is 43.1 Å². The molecule has 0 saturated carbocycles. The fourth-order valence-electron chi connectivity index (χ4n) is 1.90. The third-order valence-electron chi connectivity index (χ3n) is 2.89. The molecule has 3 rings (SSSR count). The van der Waals surface area contributed by atoms with Crippen LogP contribution in [0, 0.1) is 0 Å². The molecule has 114 valence electrons. The van der Waals surface area contributed by atoms with Crippen molar-refractivity contribution in [3.05, 3.63) is 45.4 Å².